The highest BCUT2D eigenvalue weighted by atomic mass is 16.6. The lowest BCUT2D eigenvalue weighted by molar-refractivity contribution is -0.386. The number of likely N-dealkylation sites (tertiary alicyclic amines) is 1. The van der Waals surface area contributed by atoms with E-state index >= 15 is 0 Å². The van der Waals surface area contributed by atoms with Gasteiger partial charge in [0.05, 0.1) is 16.7 Å². The smallest absolute Gasteiger partial charge is 0.278 e. The Labute approximate surface area is 118 Å². The summed E-state index contributed by atoms with van der Waals surface area (Å²) in [5.41, 5.74) is 2.09. The van der Waals surface area contributed by atoms with Gasteiger partial charge in [0.2, 0.25) is 0 Å². The number of piperidine rings is 1. The van der Waals surface area contributed by atoms with Gasteiger partial charge in [-0.05, 0) is 32.7 Å². The fraction of sp³-hybridized carbons (Fsp3) is 0.643. The molecule has 0 spiro atoms. The first kappa shape index (κ1) is 14.9. The van der Waals surface area contributed by atoms with E-state index in [-0.39, 0.29) is 16.7 Å². The quantitative estimate of drug-likeness (QED) is 0.674. The van der Waals surface area contributed by atoms with E-state index in [1.165, 1.54) is 0 Å². The van der Waals surface area contributed by atoms with Crippen molar-refractivity contribution in [2.75, 3.05) is 13.1 Å². The van der Waals surface area contributed by atoms with Gasteiger partial charge in [0.1, 0.15) is 0 Å². The lowest BCUT2D eigenvalue weighted by Crippen LogP contribution is -2.42. The molecule has 1 aliphatic rings. The van der Waals surface area contributed by atoms with Crippen molar-refractivity contribution in [2.45, 2.75) is 39.8 Å². The van der Waals surface area contributed by atoms with E-state index in [4.69, 9.17) is 0 Å². The van der Waals surface area contributed by atoms with Crippen molar-refractivity contribution in [3.8, 4) is 0 Å². The summed E-state index contributed by atoms with van der Waals surface area (Å²) in [6, 6.07) is 0. The molecule has 2 unspecified atom stereocenters. The number of aliphatic hydroxyl groups excluding tert-OH is 1. The van der Waals surface area contributed by atoms with Gasteiger partial charge in [0, 0.05) is 30.4 Å². The molecule has 6 nitrogen and oxygen atoms in total. The summed E-state index contributed by atoms with van der Waals surface area (Å²) in [7, 11) is 0. The van der Waals surface area contributed by atoms with Crippen LogP contribution in [0.5, 0.6) is 0 Å². The van der Waals surface area contributed by atoms with Gasteiger partial charge in [-0.15, -0.1) is 0 Å². The molecule has 1 aliphatic heterocycles. The number of hydrogen-bond acceptors (Lipinski definition) is 5. The van der Waals surface area contributed by atoms with Gasteiger partial charge in [-0.3, -0.25) is 20.0 Å². The molecule has 0 bridgehead atoms. The summed E-state index contributed by atoms with van der Waals surface area (Å²) >= 11 is 0. The van der Waals surface area contributed by atoms with Gasteiger partial charge < -0.3 is 5.11 Å². The molecule has 6 heteroatoms. The number of aromatic nitrogens is 1. The van der Waals surface area contributed by atoms with Crippen molar-refractivity contribution in [3.05, 3.63) is 33.1 Å². The average Bonchev–Trinajstić information content (AvgIpc) is 2.37. The molecule has 0 saturated carbocycles. The second-order valence-electron chi connectivity index (χ2n) is 5.69. The number of β-amino-alcohol motifs (C(OH)–C–C–N with tert-alkyl or cyclic N) is 1. The van der Waals surface area contributed by atoms with Gasteiger partial charge in [0.15, 0.2) is 0 Å². The molecule has 1 saturated heterocycles. The minimum Gasteiger partial charge on any atom is -0.392 e. The molecular formula is C14H21N3O3. The maximum absolute atomic E-state index is 11.1. The number of aliphatic hydroxyl groups is 1. The Morgan fingerprint density at radius 1 is 1.55 bits per heavy atom. The molecule has 1 aromatic heterocycles. The van der Waals surface area contributed by atoms with Crippen molar-refractivity contribution in [1.82, 2.24) is 9.88 Å². The Kier molecular flexibility index (Phi) is 4.35. The van der Waals surface area contributed by atoms with Gasteiger partial charge in [-0.25, -0.2) is 0 Å². The molecule has 2 rings (SSSR count). The molecule has 0 aliphatic carbocycles. The summed E-state index contributed by atoms with van der Waals surface area (Å²) in [4.78, 5) is 17.2. The van der Waals surface area contributed by atoms with Gasteiger partial charge in [0.25, 0.3) is 5.69 Å². The zero-order valence-corrected chi connectivity index (χ0v) is 12.2. The molecule has 0 radical (unpaired) electrons. The van der Waals surface area contributed by atoms with E-state index in [1.807, 2.05) is 6.92 Å². The lowest BCUT2D eigenvalue weighted by Gasteiger charge is -2.34. The Balaban J connectivity index is 2.18. The number of pyridine rings is 1. The van der Waals surface area contributed by atoms with Crippen molar-refractivity contribution in [2.24, 2.45) is 5.92 Å². The number of nitro groups is 1. The Morgan fingerprint density at radius 2 is 2.25 bits per heavy atom. The predicted octanol–water partition coefficient (Wildman–Crippen LogP) is 1.81. The molecule has 0 amide bonds. The van der Waals surface area contributed by atoms with E-state index in [9.17, 15) is 15.2 Å². The Bertz CT molecular complexity index is 519. The maximum atomic E-state index is 11.1. The van der Waals surface area contributed by atoms with E-state index in [1.54, 1.807) is 20.0 Å². The van der Waals surface area contributed by atoms with Crippen LogP contribution < -0.4 is 0 Å². The van der Waals surface area contributed by atoms with Crippen molar-refractivity contribution in [1.29, 1.82) is 0 Å². The second-order valence-corrected chi connectivity index (χ2v) is 5.69. The average molecular weight is 279 g/mol. The van der Waals surface area contributed by atoms with Crippen LogP contribution in [-0.4, -0.2) is 39.1 Å². The summed E-state index contributed by atoms with van der Waals surface area (Å²) in [6.07, 6.45) is 2.17. The molecule has 2 atom stereocenters. The zero-order valence-electron chi connectivity index (χ0n) is 12.2. The minimum absolute atomic E-state index is 0.154. The molecule has 20 heavy (non-hydrogen) atoms. The van der Waals surface area contributed by atoms with E-state index < -0.39 is 0 Å². The predicted molar refractivity (Wildman–Crippen MR) is 75.4 cm³/mol. The number of nitrogens with zero attached hydrogens (tertiary/aromatic N) is 3. The van der Waals surface area contributed by atoms with E-state index in [0.717, 1.165) is 18.7 Å². The number of hydrogen-bond donors (Lipinski definition) is 1. The van der Waals surface area contributed by atoms with Crippen molar-refractivity contribution < 1.29 is 10.0 Å². The first-order valence-electron chi connectivity index (χ1n) is 6.90. The van der Waals surface area contributed by atoms with Gasteiger partial charge in [-0.2, -0.15) is 0 Å². The highest BCUT2D eigenvalue weighted by Gasteiger charge is 2.26. The normalized spacial score (nSPS) is 23.8. The highest BCUT2D eigenvalue weighted by molar-refractivity contribution is 5.47. The molecule has 1 N–H and O–H groups in total. The fourth-order valence-corrected chi connectivity index (χ4v) is 2.68. The van der Waals surface area contributed by atoms with E-state index in [2.05, 4.69) is 9.88 Å². The van der Waals surface area contributed by atoms with Crippen LogP contribution in [0.25, 0.3) is 0 Å². The van der Waals surface area contributed by atoms with Crippen LogP contribution in [0.2, 0.25) is 0 Å². The maximum Gasteiger partial charge on any atom is 0.278 e. The van der Waals surface area contributed by atoms with Crippen LogP contribution >= 0.6 is 0 Å². The summed E-state index contributed by atoms with van der Waals surface area (Å²) < 4.78 is 0. The third-order valence-corrected chi connectivity index (χ3v) is 4.13. The minimum atomic E-state index is -0.344. The molecule has 1 aromatic rings. The second kappa shape index (κ2) is 5.85. The van der Waals surface area contributed by atoms with Crippen LogP contribution in [0.1, 0.15) is 30.2 Å². The number of aryl methyl sites for hydroxylation is 1. The fourth-order valence-electron chi connectivity index (χ4n) is 2.68. The Morgan fingerprint density at radius 3 is 2.85 bits per heavy atom. The molecule has 1 fully saturated rings. The standard InChI is InChI=1S/C14H21N3O3/c1-9-4-5-16(8-13(9)18)7-12-11(3)14(17(19)20)10(2)6-15-12/h6,9,13,18H,4-5,7-8H2,1-3H3. The SMILES string of the molecule is Cc1cnc(CN2CCC(C)C(O)C2)c(C)c1[N+](=O)[O-]. The largest absolute Gasteiger partial charge is 0.392 e. The van der Waals surface area contributed by atoms with Crippen molar-refractivity contribution >= 4 is 5.69 Å². The molecule has 2 heterocycles. The van der Waals surface area contributed by atoms with Gasteiger partial charge in [-0.1, -0.05) is 6.92 Å². The molecule has 0 aromatic carbocycles. The summed E-state index contributed by atoms with van der Waals surface area (Å²) in [5.74, 6) is 0.313. The third-order valence-electron chi connectivity index (χ3n) is 4.13. The lowest BCUT2D eigenvalue weighted by atomic mass is 9.96. The molecular weight excluding hydrogens is 258 g/mol. The first-order valence-corrected chi connectivity index (χ1v) is 6.90. The Hall–Kier alpha value is -1.53. The van der Waals surface area contributed by atoms with Crippen molar-refractivity contribution in [3.63, 3.8) is 0 Å². The monoisotopic (exact) mass is 279 g/mol. The molecule has 110 valence electrons. The van der Waals surface area contributed by atoms with Crippen LogP contribution in [0, 0.1) is 29.9 Å². The van der Waals surface area contributed by atoms with Crippen LogP contribution in [0.15, 0.2) is 6.20 Å². The highest BCUT2D eigenvalue weighted by Crippen LogP contribution is 2.26. The zero-order chi connectivity index (χ0) is 14.9. The third kappa shape index (κ3) is 2.96. The first-order chi connectivity index (χ1) is 9.40. The van der Waals surface area contributed by atoms with Crippen LogP contribution in [0.4, 0.5) is 5.69 Å². The summed E-state index contributed by atoms with van der Waals surface area (Å²) in [6.45, 7) is 7.54. The van der Waals surface area contributed by atoms with Crippen LogP contribution in [0.3, 0.4) is 0 Å². The summed E-state index contributed by atoms with van der Waals surface area (Å²) in [5, 5.41) is 21.0. The van der Waals surface area contributed by atoms with Gasteiger partial charge >= 0.3 is 0 Å². The topological polar surface area (TPSA) is 79.5 Å². The van der Waals surface area contributed by atoms with Crippen LogP contribution in [-0.2, 0) is 6.54 Å². The number of rotatable bonds is 3. The van der Waals surface area contributed by atoms with E-state index in [0.29, 0.717) is 30.1 Å².